The second kappa shape index (κ2) is 6.85. The molecule has 28 heavy (non-hydrogen) atoms. The molecule has 0 aromatic rings. The first kappa shape index (κ1) is 20.8. The summed E-state index contributed by atoms with van der Waals surface area (Å²) in [5.74, 6) is -2.33. The highest BCUT2D eigenvalue weighted by atomic mass is 16.4. The number of rotatable bonds is 7. The monoisotopic (exact) mass is 392 g/mol. The van der Waals surface area contributed by atoms with Crippen molar-refractivity contribution in [2.45, 2.75) is 72.4 Å². The van der Waals surface area contributed by atoms with Crippen LogP contribution >= 0.6 is 0 Å². The van der Waals surface area contributed by atoms with Gasteiger partial charge in [-0.3, -0.25) is 14.4 Å². The number of carboxylic acid groups (broad SMARTS) is 1. The van der Waals surface area contributed by atoms with Crippen molar-refractivity contribution in [3.05, 3.63) is 0 Å². The Balaban J connectivity index is 1.76. The number of piperidine rings is 1. The number of Topliss-reactive ketones (excluding diaryl/α,β-unsaturated/α-hetero) is 1. The molecule has 0 spiro atoms. The van der Waals surface area contributed by atoms with E-state index in [1.807, 2.05) is 20.8 Å². The number of aliphatic carboxylic acids is 1. The zero-order valence-electron chi connectivity index (χ0n) is 17.4. The number of amides is 2. The molecule has 0 bridgehead atoms. The molecule has 2 saturated carbocycles. The van der Waals surface area contributed by atoms with Gasteiger partial charge < -0.3 is 15.3 Å². The number of hydrogen-bond acceptors (Lipinski definition) is 4. The maximum atomic E-state index is 13.1. The lowest BCUT2D eigenvalue weighted by Crippen LogP contribution is -2.54. The lowest BCUT2D eigenvalue weighted by atomic mass is 9.90. The molecule has 1 aliphatic heterocycles. The second-order valence-electron chi connectivity index (χ2n) is 10.6. The van der Waals surface area contributed by atoms with Gasteiger partial charge in [0.05, 0.1) is 6.04 Å². The van der Waals surface area contributed by atoms with Crippen LogP contribution in [-0.4, -0.2) is 52.2 Å². The number of fused-ring (bicyclic) bond motifs is 1. The van der Waals surface area contributed by atoms with E-state index < -0.39 is 23.8 Å². The summed E-state index contributed by atoms with van der Waals surface area (Å²) in [5, 5.41) is 11.8. The van der Waals surface area contributed by atoms with Crippen molar-refractivity contribution in [1.29, 1.82) is 0 Å². The van der Waals surface area contributed by atoms with Crippen LogP contribution in [0.1, 0.15) is 60.3 Å². The highest BCUT2D eigenvalue weighted by molar-refractivity contribution is 6.35. The minimum atomic E-state index is -1.53. The van der Waals surface area contributed by atoms with Gasteiger partial charge in [0, 0.05) is 13.0 Å². The largest absolute Gasteiger partial charge is 0.475 e. The van der Waals surface area contributed by atoms with Gasteiger partial charge >= 0.3 is 5.97 Å². The summed E-state index contributed by atoms with van der Waals surface area (Å²) in [4.78, 5) is 50.9. The smallest absolute Gasteiger partial charge is 0.374 e. The number of carbonyl (C=O) groups is 4. The van der Waals surface area contributed by atoms with Gasteiger partial charge in [-0.1, -0.05) is 47.5 Å². The lowest BCUT2D eigenvalue weighted by molar-refractivity contribution is -0.151. The van der Waals surface area contributed by atoms with Crippen molar-refractivity contribution in [2.24, 2.45) is 28.6 Å². The Morgan fingerprint density at radius 3 is 2.29 bits per heavy atom. The SMILES string of the molecule is CC(C)(C)CC(=O)N1CC2C(C1C(=O)NC(CC1CC1)C(=O)C(=O)O)C2(C)C. The number of likely N-dealkylation sites (tertiary alicyclic amines) is 1. The predicted molar refractivity (Wildman–Crippen MR) is 102 cm³/mol. The van der Waals surface area contributed by atoms with Crippen LogP contribution in [0.15, 0.2) is 0 Å². The summed E-state index contributed by atoms with van der Waals surface area (Å²) in [6.07, 6.45) is 2.61. The molecule has 4 atom stereocenters. The fraction of sp³-hybridized carbons (Fsp3) is 0.810. The Hall–Kier alpha value is -1.92. The van der Waals surface area contributed by atoms with E-state index in [-0.39, 0.29) is 34.5 Å². The molecule has 0 aromatic heterocycles. The van der Waals surface area contributed by atoms with Crippen molar-refractivity contribution in [3.8, 4) is 0 Å². The van der Waals surface area contributed by atoms with Crippen LogP contribution in [-0.2, 0) is 19.2 Å². The van der Waals surface area contributed by atoms with Crippen LogP contribution in [0, 0.1) is 28.6 Å². The van der Waals surface area contributed by atoms with Crippen LogP contribution in [0.3, 0.4) is 0 Å². The minimum Gasteiger partial charge on any atom is -0.475 e. The standard InChI is InChI=1S/C21H32N2O5/c1-20(2,3)9-14(24)23-10-12-15(21(12,4)5)16(23)18(26)22-13(8-11-6-7-11)17(25)19(27)28/h11-13,15-16H,6-10H2,1-5H3,(H,22,26)(H,27,28). The van der Waals surface area contributed by atoms with E-state index in [0.717, 1.165) is 12.8 Å². The molecule has 7 heteroatoms. The third-order valence-corrected chi connectivity index (χ3v) is 6.59. The number of nitrogens with one attached hydrogen (secondary N) is 1. The Morgan fingerprint density at radius 1 is 1.18 bits per heavy atom. The Labute approximate surface area is 166 Å². The van der Waals surface area contributed by atoms with Crippen molar-refractivity contribution in [1.82, 2.24) is 10.2 Å². The first-order valence-electron chi connectivity index (χ1n) is 10.2. The number of hydrogen-bond donors (Lipinski definition) is 2. The highest BCUT2D eigenvalue weighted by Crippen LogP contribution is 2.65. The first-order valence-corrected chi connectivity index (χ1v) is 10.2. The second-order valence-corrected chi connectivity index (χ2v) is 10.6. The van der Waals surface area contributed by atoms with Crippen LogP contribution in [0.2, 0.25) is 0 Å². The Bertz CT molecular complexity index is 704. The van der Waals surface area contributed by atoms with Gasteiger partial charge in [0.25, 0.3) is 5.78 Å². The summed E-state index contributed by atoms with van der Waals surface area (Å²) in [6.45, 7) is 10.7. The van der Waals surface area contributed by atoms with Crippen molar-refractivity contribution >= 4 is 23.6 Å². The molecule has 0 radical (unpaired) electrons. The molecular formula is C21H32N2O5. The molecule has 4 unspecified atom stereocenters. The molecule has 1 saturated heterocycles. The quantitative estimate of drug-likeness (QED) is 0.644. The number of nitrogens with zero attached hydrogens (tertiary/aromatic N) is 1. The maximum Gasteiger partial charge on any atom is 0.374 e. The first-order chi connectivity index (χ1) is 12.8. The van der Waals surface area contributed by atoms with Gasteiger partial charge in [-0.05, 0) is 35.0 Å². The van der Waals surface area contributed by atoms with E-state index in [4.69, 9.17) is 5.11 Å². The van der Waals surface area contributed by atoms with E-state index in [9.17, 15) is 19.2 Å². The molecule has 7 nitrogen and oxygen atoms in total. The van der Waals surface area contributed by atoms with Gasteiger partial charge in [0.2, 0.25) is 11.8 Å². The Morgan fingerprint density at radius 2 is 1.79 bits per heavy atom. The maximum absolute atomic E-state index is 13.1. The molecule has 0 aromatic carbocycles. The van der Waals surface area contributed by atoms with Gasteiger partial charge in [0.15, 0.2) is 0 Å². The van der Waals surface area contributed by atoms with Crippen LogP contribution in [0.4, 0.5) is 0 Å². The highest BCUT2D eigenvalue weighted by Gasteiger charge is 2.69. The summed E-state index contributed by atoms with van der Waals surface area (Å²) in [7, 11) is 0. The van der Waals surface area contributed by atoms with E-state index in [0.29, 0.717) is 25.3 Å². The molecule has 3 rings (SSSR count). The van der Waals surface area contributed by atoms with E-state index in [1.54, 1.807) is 4.90 Å². The van der Waals surface area contributed by atoms with Crippen molar-refractivity contribution < 1.29 is 24.3 Å². The van der Waals surface area contributed by atoms with E-state index in [1.165, 1.54) is 0 Å². The summed E-state index contributed by atoms with van der Waals surface area (Å²) >= 11 is 0. The molecular weight excluding hydrogens is 360 g/mol. The number of ketones is 1. The third-order valence-electron chi connectivity index (χ3n) is 6.59. The molecule has 3 fully saturated rings. The average molecular weight is 392 g/mol. The number of carbonyl (C=O) groups excluding carboxylic acids is 3. The zero-order valence-corrected chi connectivity index (χ0v) is 17.4. The fourth-order valence-electron chi connectivity index (χ4n) is 4.72. The van der Waals surface area contributed by atoms with Crippen LogP contribution in [0.25, 0.3) is 0 Å². The van der Waals surface area contributed by atoms with Crippen LogP contribution in [0.5, 0.6) is 0 Å². The zero-order chi connectivity index (χ0) is 21.0. The van der Waals surface area contributed by atoms with Crippen LogP contribution < -0.4 is 5.32 Å². The fourth-order valence-corrected chi connectivity index (χ4v) is 4.72. The molecule has 2 aliphatic carbocycles. The van der Waals surface area contributed by atoms with Gasteiger partial charge in [-0.2, -0.15) is 0 Å². The topological polar surface area (TPSA) is 104 Å². The third kappa shape index (κ3) is 4.08. The number of carboxylic acids is 1. The van der Waals surface area contributed by atoms with Gasteiger partial charge in [-0.15, -0.1) is 0 Å². The molecule has 2 N–H and O–H groups in total. The predicted octanol–water partition coefficient (Wildman–Crippen LogP) is 1.84. The molecule has 2 amide bonds. The summed E-state index contributed by atoms with van der Waals surface area (Å²) in [6, 6.07) is -1.64. The van der Waals surface area contributed by atoms with Crippen molar-refractivity contribution in [3.63, 3.8) is 0 Å². The normalized spacial score (nSPS) is 29.0. The Kier molecular flexibility index (Phi) is 5.09. The van der Waals surface area contributed by atoms with E-state index in [2.05, 4.69) is 19.2 Å². The van der Waals surface area contributed by atoms with E-state index >= 15 is 0 Å². The van der Waals surface area contributed by atoms with Crippen molar-refractivity contribution in [2.75, 3.05) is 6.54 Å². The summed E-state index contributed by atoms with van der Waals surface area (Å²) < 4.78 is 0. The lowest BCUT2D eigenvalue weighted by Gasteiger charge is -2.33. The summed E-state index contributed by atoms with van der Waals surface area (Å²) in [5.41, 5.74) is -0.211. The molecule has 3 aliphatic rings. The molecule has 156 valence electrons. The molecule has 1 heterocycles. The average Bonchev–Trinajstić information content (AvgIpc) is 3.39. The van der Waals surface area contributed by atoms with Gasteiger partial charge in [-0.25, -0.2) is 4.79 Å². The minimum absolute atomic E-state index is 0.0245. The van der Waals surface area contributed by atoms with Gasteiger partial charge in [0.1, 0.15) is 6.04 Å².